The van der Waals surface area contributed by atoms with E-state index in [0.29, 0.717) is 0 Å². The average molecular weight is 212 g/mol. The molecule has 2 aliphatic rings. The van der Waals surface area contributed by atoms with Crippen LogP contribution in [0.15, 0.2) is 0 Å². The summed E-state index contributed by atoms with van der Waals surface area (Å²) in [6.07, 6.45) is 3.97. The summed E-state index contributed by atoms with van der Waals surface area (Å²) in [4.78, 5) is 11.8. The lowest BCUT2D eigenvalue weighted by molar-refractivity contribution is -0.156. The van der Waals surface area contributed by atoms with Crippen LogP contribution in [0.3, 0.4) is 0 Å². The molecule has 0 atom stereocenters. The smallest absolute Gasteiger partial charge is 0.309 e. The third-order valence-corrected chi connectivity index (χ3v) is 3.24. The number of nitrogens with one attached hydrogen (secondary N) is 2. The maximum absolute atomic E-state index is 11.8. The van der Waals surface area contributed by atoms with E-state index in [0.717, 1.165) is 51.9 Å². The molecule has 0 aliphatic carbocycles. The zero-order chi connectivity index (χ0) is 10.5. The second-order valence-electron chi connectivity index (χ2n) is 4.41. The first-order chi connectivity index (χ1) is 7.36. The Kier molecular flexibility index (Phi) is 3.97. The molecule has 0 bridgehead atoms. The number of ether oxygens (including phenoxy) is 1. The van der Waals surface area contributed by atoms with Gasteiger partial charge < -0.3 is 15.4 Å². The molecule has 0 amide bonds. The van der Waals surface area contributed by atoms with Crippen molar-refractivity contribution in [1.29, 1.82) is 0 Å². The number of rotatable bonds is 2. The van der Waals surface area contributed by atoms with Gasteiger partial charge in [0.25, 0.3) is 0 Å². The van der Waals surface area contributed by atoms with Gasteiger partial charge in [-0.3, -0.25) is 4.79 Å². The maximum Gasteiger partial charge on any atom is 0.309 e. The molecule has 2 N–H and O–H groups in total. The predicted octanol–water partition coefficient (Wildman–Crippen LogP) is 0.281. The van der Waals surface area contributed by atoms with Crippen molar-refractivity contribution in [2.24, 2.45) is 5.92 Å². The van der Waals surface area contributed by atoms with Crippen molar-refractivity contribution in [3.05, 3.63) is 0 Å². The molecule has 2 rings (SSSR count). The van der Waals surface area contributed by atoms with Crippen LogP contribution in [0.4, 0.5) is 0 Å². The molecule has 0 aromatic carbocycles. The van der Waals surface area contributed by atoms with Crippen molar-refractivity contribution in [2.45, 2.75) is 31.8 Å². The maximum atomic E-state index is 11.8. The third kappa shape index (κ3) is 3.18. The molecular weight excluding hydrogens is 192 g/mol. The van der Waals surface area contributed by atoms with Gasteiger partial charge in [-0.1, -0.05) is 0 Å². The van der Waals surface area contributed by atoms with Crippen LogP contribution in [0.2, 0.25) is 0 Å². The van der Waals surface area contributed by atoms with Gasteiger partial charge in [0, 0.05) is 0 Å². The van der Waals surface area contributed by atoms with Crippen LogP contribution >= 0.6 is 0 Å². The minimum absolute atomic E-state index is 0.0309. The van der Waals surface area contributed by atoms with Crippen molar-refractivity contribution in [1.82, 2.24) is 10.6 Å². The Morgan fingerprint density at radius 1 is 0.933 bits per heavy atom. The zero-order valence-corrected chi connectivity index (χ0v) is 9.13. The number of piperidine rings is 2. The molecule has 4 nitrogen and oxygen atoms in total. The van der Waals surface area contributed by atoms with Crippen molar-refractivity contribution >= 4 is 5.97 Å². The molecule has 86 valence electrons. The molecule has 2 aliphatic heterocycles. The number of hydrogen-bond donors (Lipinski definition) is 2. The van der Waals surface area contributed by atoms with Crippen LogP contribution in [-0.4, -0.2) is 38.3 Å². The first-order valence-corrected chi connectivity index (χ1v) is 5.98. The molecule has 0 saturated carbocycles. The first kappa shape index (κ1) is 10.9. The van der Waals surface area contributed by atoms with E-state index in [1.807, 2.05) is 0 Å². The van der Waals surface area contributed by atoms with Gasteiger partial charge >= 0.3 is 5.97 Å². The minimum atomic E-state index is 0.0309. The quantitative estimate of drug-likeness (QED) is 0.646. The van der Waals surface area contributed by atoms with Crippen LogP contribution in [-0.2, 0) is 9.53 Å². The summed E-state index contributed by atoms with van der Waals surface area (Å²) in [5.41, 5.74) is 0. The highest BCUT2D eigenvalue weighted by molar-refractivity contribution is 5.72. The average Bonchev–Trinajstić information content (AvgIpc) is 2.31. The van der Waals surface area contributed by atoms with E-state index in [1.165, 1.54) is 0 Å². The molecular formula is C11H20N2O2. The first-order valence-electron chi connectivity index (χ1n) is 5.98. The Bertz CT molecular complexity index is 209. The van der Waals surface area contributed by atoms with E-state index >= 15 is 0 Å². The molecule has 2 saturated heterocycles. The molecule has 4 heteroatoms. The van der Waals surface area contributed by atoms with Crippen molar-refractivity contribution in [2.75, 3.05) is 26.2 Å². The topological polar surface area (TPSA) is 50.4 Å². The van der Waals surface area contributed by atoms with Crippen molar-refractivity contribution < 1.29 is 9.53 Å². The van der Waals surface area contributed by atoms with Gasteiger partial charge in [0.2, 0.25) is 0 Å². The van der Waals surface area contributed by atoms with E-state index in [-0.39, 0.29) is 18.0 Å². The van der Waals surface area contributed by atoms with Crippen LogP contribution in [0.1, 0.15) is 25.7 Å². The monoisotopic (exact) mass is 212 g/mol. The lowest BCUT2D eigenvalue weighted by Gasteiger charge is -2.26. The second-order valence-corrected chi connectivity index (χ2v) is 4.41. The number of hydrogen-bond acceptors (Lipinski definition) is 4. The molecule has 2 fully saturated rings. The zero-order valence-electron chi connectivity index (χ0n) is 9.13. The number of carbonyl (C=O) groups excluding carboxylic acids is 1. The second kappa shape index (κ2) is 5.47. The largest absolute Gasteiger partial charge is 0.462 e. The number of esters is 1. The van der Waals surface area contributed by atoms with Crippen LogP contribution in [0, 0.1) is 5.92 Å². The van der Waals surface area contributed by atoms with Gasteiger partial charge in [-0.25, -0.2) is 0 Å². The lowest BCUT2D eigenvalue weighted by Crippen LogP contribution is -2.37. The van der Waals surface area contributed by atoms with Crippen LogP contribution < -0.4 is 10.6 Å². The van der Waals surface area contributed by atoms with E-state index in [4.69, 9.17) is 4.74 Å². The molecule has 0 spiro atoms. The highest BCUT2D eigenvalue weighted by Gasteiger charge is 2.25. The van der Waals surface area contributed by atoms with Gasteiger partial charge in [0.1, 0.15) is 6.10 Å². The summed E-state index contributed by atoms with van der Waals surface area (Å²) < 4.78 is 5.52. The van der Waals surface area contributed by atoms with E-state index in [1.54, 1.807) is 0 Å². The molecule has 0 aromatic rings. The summed E-state index contributed by atoms with van der Waals surface area (Å²) >= 11 is 0. The summed E-state index contributed by atoms with van der Waals surface area (Å²) in [5, 5.41) is 6.52. The molecule has 0 unspecified atom stereocenters. The van der Waals surface area contributed by atoms with Gasteiger partial charge in [-0.05, 0) is 51.9 Å². The minimum Gasteiger partial charge on any atom is -0.462 e. The van der Waals surface area contributed by atoms with E-state index < -0.39 is 0 Å². The third-order valence-electron chi connectivity index (χ3n) is 3.24. The fraction of sp³-hybridized carbons (Fsp3) is 0.909. The fourth-order valence-electron chi connectivity index (χ4n) is 2.23. The summed E-state index contributed by atoms with van der Waals surface area (Å²) in [7, 11) is 0. The molecule has 15 heavy (non-hydrogen) atoms. The van der Waals surface area contributed by atoms with Gasteiger partial charge in [0.05, 0.1) is 5.92 Å². The predicted molar refractivity (Wildman–Crippen MR) is 57.6 cm³/mol. The Labute approximate surface area is 90.8 Å². The highest BCUT2D eigenvalue weighted by Crippen LogP contribution is 2.17. The summed E-state index contributed by atoms with van der Waals surface area (Å²) in [5.74, 6) is 0.171. The highest BCUT2D eigenvalue weighted by atomic mass is 16.5. The van der Waals surface area contributed by atoms with Crippen LogP contribution in [0.25, 0.3) is 0 Å². The van der Waals surface area contributed by atoms with E-state index in [2.05, 4.69) is 10.6 Å². The Hall–Kier alpha value is -0.610. The van der Waals surface area contributed by atoms with Gasteiger partial charge in [-0.2, -0.15) is 0 Å². The normalized spacial score (nSPS) is 25.1. The Morgan fingerprint density at radius 2 is 1.47 bits per heavy atom. The Balaban J connectivity index is 1.74. The molecule has 0 radical (unpaired) electrons. The van der Waals surface area contributed by atoms with E-state index in [9.17, 15) is 4.79 Å². The fourth-order valence-corrected chi connectivity index (χ4v) is 2.23. The molecule has 0 aromatic heterocycles. The Morgan fingerprint density at radius 3 is 2.07 bits per heavy atom. The van der Waals surface area contributed by atoms with Gasteiger partial charge in [0.15, 0.2) is 0 Å². The van der Waals surface area contributed by atoms with Crippen molar-refractivity contribution in [3.8, 4) is 0 Å². The standard InChI is InChI=1S/C11H20N2O2/c14-11(9-1-5-12-6-2-9)15-10-3-7-13-8-4-10/h9-10,12-13H,1-8H2. The van der Waals surface area contributed by atoms with Crippen molar-refractivity contribution in [3.63, 3.8) is 0 Å². The molecule has 2 heterocycles. The lowest BCUT2D eigenvalue weighted by atomic mass is 9.98. The van der Waals surface area contributed by atoms with Gasteiger partial charge in [-0.15, -0.1) is 0 Å². The van der Waals surface area contributed by atoms with Crippen LogP contribution in [0.5, 0.6) is 0 Å². The number of carbonyl (C=O) groups is 1. The summed E-state index contributed by atoms with van der Waals surface area (Å²) in [6, 6.07) is 0. The SMILES string of the molecule is O=C(OC1CCNCC1)C1CCNCC1. The summed E-state index contributed by atoms with van der Waals surface area (Å²) in [6.45, 7) is 3.85.